The highest BCUT2D eigenvalue weighted by Gasteiger charge is 2.07. The maximum Gasteiger partial charge on any atom is 0.145 e. The Morgan fingerprint density at radius 3 is 1.86 bits per heavy atom. The van der Waals surface area contributed by atoms with Gasteiger partial charge in [0.1, 0.15) is 3.14 Å². The van der Waals surface area contributed by atoms with Crippen molar-refractivity contribution in [2.24, 2.45) is 0 Å². The molecule has 0 bridgehead atoms. The summed E-state index contributed by atoms with van der Waals surface area (Å²) < 4.78 is 2.99. The van der Waals surface area contributed by atoms with Crippen LogP contribution in [0.4, 0.5) is 0 Å². The van der Waals surface area contributed by atoms with Gasteiger partial charge in [-0.1, -0.05) is 35.7 Å². The Bertz CT molecular complexity index is 394. The van der Waals surface area contributed by atoms with Gasteiger partial charge >= 0.3 is 0 Å². The first-order chi connectivity index (χ1) is 6.77. The molecular weight excluding hydrogens is 272 g/mol. The zero-order chi connectivity index (χ0) is 10.4. The van der Waals surface area contributed by atoms with Crippen molar-refractivity contribution < 1.29 is 0 Å². The molecule has 0 aliphatic rings. The van der Waals surface area contributed by atoms with Crippen molar-refractivity contribution in [3.05, 3.63) is 3.14 Å². The van der Waals surface area contributed by atoms with E-state index in [0.717, 1.165) is 11.6 Å². The van der Waals surface area contributed by atoms with Gasteiger partial charge in [0.25, 0.3) is 0 Å². The minimum absolute atomic E-state index is 0.433. The van der Waals surface area contributed by atoms with Crippen LogP contribution in [0.3, 0.4) is 0 Å². The number of hydrogen-bond acceptors (Lipinski definition) is 7. The fourth-order valence-corrected chi connectivity index (χ4v) is 6.06. The van der Waals surface area contributed by atoms with Crippen LogP contribution in [-0.4, -0.2) is 11.5 Å². The molecule has 1 aromatic rings. The van der Waals surface area contributed by atoms with E-state index in [-0.39, 0.29) is 0 Å². The van der Waals surface area contributed by atoms with Gasteiger partial charge in [0, 0.05) is 0 Å². The fraction of sp³-hybridized carbons (Fsp3) is 0.286. The van der Waals surface area contributed by atoms with Crippen molar-refractivity contribution in [2.45, 2.75) is 8.42 Å². The van der Waals surface area contributed by atoms with E-state index in [1.807, 2.05) is 0 Å². The van der Waals surface area contributed by atoms with E-state index in [9.17, 15) is 0 Å². The lowest BCUT2D eigenvalue weighted by Crippen LogP contribution is -1.72. The summed E-state index contributed by atoms with van der Waals surface area (Å²) in [6.07, 6.45) is 0. The molecule has 0 radical (unpaired) electrons. The molecule has 0 saturated carbocycles. The molecule has 72 valence electrons. The van der Waals surface area contributed by atoms with Crippen molar-refractivity contribution in [3.8, 4) is 12.1 Å². The molecule has 14 heavy (non-hydrogen) atoms. The SMILES string of the molecule is N#CCSc1sc(=S)sc1SCC#N. The van der Waals surface area contributed by atoms with Crippen molar-refractivity contribution in [1.29, 1.82) is 10.5 Å². The maximum atomic E-state index is 8.45. The summed E-state index contributed by atoms with van der Waals surface area (Å²) in [6.45, 7) is 0. The third kappa shape index (κ3) is 3.60. The van der Waals surface area contributed by atoms with Crippen molar-refractivity contribution in [2.75, 3.05) is 11.5 Å². The molecule has 1 aromatic heterocycles. The molecule has 0 atom stereocenters. The molecule has 0 N–H and O–H groups in total. The van der Waals surface area contributed by atoms with E-state index in [0.29, 0.717) is 11.5 Å². The Kier molecular flexibility index (Phi) is 5.53. The molecule has 0 unspecified atom stereocenters. The van der Waals surface area contributed by atoms with Gasteiger partial charge in [-0.2, -0.15) is 10.5 Å². The molecule has 1 heterocycles. The Morgan fingerprint density at radius 2 is 1.50 bits per heavy atom. The normalized spacial score (nSPS) is 9.29. The van der Waals surface area contributed by atoms with Crippen LogP contribution in [0.5, 0.6) is 0 Å². The highest BCUT2D eigenvalue weighted by Crippen LogP contribution is 2.40. The second-order valence-electron chi connectivity index (χ2n) is 1.92. The minimum atomic E-state index is 0.433. The lowest BCUT2D eigenvalue weighted by molar-refractivity contribution is 1.46. The molecule has 0 fully saturated rings. The Hall–Kier alpha value is -0.0500. The van der Waals surface area contributed by atoms with Gasteiger partial charge in [-0.25, -0.2) is 0 Å². The van der Waals surface area contributed by atoms with Crippen LogP contribution in [0, 0.1) is 25.8 Å². The van der Waals surface area contributed by atoms with Crippen LogP contribution in [0.1, 0.15) is 0 Å². The molecule has 0 amide bonds. The summed E-state index contributed by atoms with van der Waals surface area (Å²) in [5.74, 6) is 0.865. The monoisotopic (exact) mass is 276 g/mol. The number of nitriles is 2. The highest BCUT2D eigenvalue weighted by molar-refractivity contribution is 8.05. The highest BCUT2D eigenvalue weighted by atomic mass is 32.2. The van der Waals surface area contributed by atoms with E-state index in [1.54, 1.807) is 0 Å². The molecule has 0 saturated heterocycles. The summed E-state index contributed by atoms with van der Waals surface area (Å²) in [6, 6.07) is 4.15. The Morgan fingerprint density at radius 1 is 1.07 bits per heavy atom. The van der Waals surface area contributed by atoms with Gasteiger partial charge in [-0.15, -0.1) is 22.7 Å². The number of thioether (sulfide) groups is 2. The van der Waals surface area contributed by atoms with Crippen molar-refractivity contribution in [3.63, 3.8) is 0 Å². The molecule has 0 spiro atoms. The van der Waals surface area contributed by atoms with Gasteiger partial charge in [-0.05, 0) is 0 Å². The van der Waals surface area contributed by atoms with E-state index < -0.39 is 0 Å². The topological polar surface area (TPSA) is 47.6 Å². The van der Waals surface area contributed by atoms with Crippen LogP contribution < -0.4 is 0 Å². The third-order valence-corrected chi connectivity index (χ3v) is 6.37. The van der Waals surface area contributed by atoms with Gasteiger partial charge in [0.15, 0.2) is 0 Å². The van der Waals surface area contributed by atoms with Crippen LogP contribution >= 0.6 is 58.4 Å². The van der Waals surface area contributed by atoms with E-state index in [2.05, 4.69) is 12.1 Å². The van der Waals surface area contributed by atoms with Gasteiger partial charge in [-0.3, -0.25) is 0 Å². The Labute approximate surface area is 104 Å². The standard InChI is InChI=1S/C7H4N2S5/c8-1-3-11-5-6(12-4-2-9)14-7(10)13-5/h3-4H2. The average Bonchev–Trinajstić information content (AvgIpc) is 2.52. The largest absolute Gasteiger partial charge is 0.197 e. The number of nitrogens with zero attached hydrogens (tertiary/aromatic N) is 2. The van der Waals surface area contributed by atoms with Gasteiger partial charge in [0.05, 0.1) is 32.1 Å². The van der Waals surface area contributed by atoms with Crippen LogP contribution in [0.2, 0.25) is 0 Å². The molecule has 0 aromatic carbocycles. The third-order valence-electron chi connectivity index (χ3n) is 1.05. The van der Waals surface area contributed by atoms with Crippen LogP contribution in [0.15, 0.2) is 8.42 Å². The van der Waals surface area contributed by atoms with E-state index >= 15 is 0 Å². The molecule has 2 nitrogen and oxygen atoms in total. The van der Waals surface area contributed by atoms with E-state index in [4.69, 9.17) is 22.7 Å². The van der Waals surface area contributed by atoms with Crippen molar-refractivity contribution in [1.82, 2.24) is 0 Å². The lowest BCUT2D eigenvalue weighted by Gasteiger charge is -1.94. The molecule has 1 rings (SSSR count). The molecule has 0 aliphatic heterocycles. The minimum Gasteiger partial charge on any atom is -0.197 e. The second-order valence-corrected chi connectivity index (χ2v) is 7.64. The van der Waals surface area contributed by atoms with Crippen LogP contribution in [0.25, 0.3) is 0 Å². The van der Waals surface area contributed by atoms with Crippen molar-refractivity contribution >= 4 is 58.4 Å². The first kappa shape index (κ1) is 12.0. The smallest absolute Gasteiger partial charge is 0.145 e. The number of hydrogen-bond donors (Lipinski definition) is 0. The zero-order valence-corrected chi connectivity index (χ0v) is 10.9. The summed E-state index contributed by atoms with van der Waals surface area (Å²) >= 11 is 11.1. The molecule has 7 heteroatoms. The predicted octanol–water partition coefficient (Wildman–Crippen LogP) is 3.77. The van der Waals surface area contributed by atoms with Gasteiger partial charge < -0.3 is 0 Å². The second kappa shape index (κ2) is 6.44. The predicted molar refractivity (Wildman–Crippen MR) is 65.7 cm³/mol. The average molecular weight is 276 g/mol. The first-order valence-electron chi connectivity index (χ1n) is 3.41. The fourth-order valence-electron chi connectivity index (χ4n) is 0.628. The molecule has 0 aliphatic carbocycles. The summed E-state index contributed by atoms with van der Waals surface area (Å²) in [5.41, 5.74) is 0. The first-order valence-corrected chi connectivity index (χ1v) is 7.42. The lowest BCUT2D eigenvalue weighted by atomic mass is 10.9. The summed E-state index contributed by atoms with van der Waals surface area (Å²) in [4.78, 5) is 0. The van der Waals surface area contributed by atoms with E-state index in [1.165, 1.54) is 46.2 Å². The quantitative estimate of drug-likeness (QED) is 0.619. The maximum absolute atomic E-state index is 8.45. The number of rotatable bonds is 4. The molecular formula is C7H4N2S5. The zero-order valence-electron chi connectivity index (χ0n) is 6.85. The summed E-state index contributed by atoms with van der Waals surface area (Å²) in [5, 5.41) is 16.9. The van der Waals surface area contributed by atoms with Crippen LogP contribution in [-0.2, 0) is 0 Å². The summed E-state index contributed by atoms with van der Waals surface area (Å²) in [7, 11) is 0. The Balaban J connectivity index is 2.76. The van der Waals surface area contributed by atoms with Gasteiger partial charge in [0.2, 0.25) is 0 Å².